The Kier molecular flexibility index (Phi) is 5.19. The largest absolute Gasteiger partial charge is 0.317 e. The van der Waals surface area contributed by atoms with Gasteiger partial charge in [-0.15, -0.1) is 0 Å². The third kappa shape index (κ3) is 3.81. The Morgan fingerprint density at radius 1 is 1.35 bits per heavy atom. The molecule has 2 unspecified atom stereocenters. The van der Waals surface area contributed by atoms with Crippen LogP contribution in [0.15, 0.2) is 6.33 Å². The molecule has 1 fully saturated rings. The minimum atomic E-state index is 0.477. The van der Waals surface area contributed by atoms with Crippen molar-refractivity contribution in [1.82, 2.24) is 20.1 Å². The highest BCUT2D eigenvalue weighted by atomic mass is 15.3. The molecule has 1 N–H and O–H groups in total. The molecule has 0 bridgehead atoms. The molecule has 1 aromatic rings. The molecule has 1 aliphatic rings. The summed E-state index contributed by atoms with van der Waals surface area (Å²) in [6.07, 6.45) is 6.77. The van der Waals surface area contributed by atoms with E-state index in [-0.39, 0.29) is 0 Å². The maximum Gasteiger partial charge on any atom is 0.138 e. The van der Waals surface area contributed by atoms with Crippen LogP contribution < -0.4 is 5.32 Å². The second kappa shape index (κ2) is 6.70. The Bertz CT molecular complexity index is 410. The number of aromatic nitrogens is 3. The van der Waals surface area contributed by atoms with E-state index in [2.05, 4.69) is 43.1 Å². The summed E-state index contributed by atoms with van der Waals surface area (Å²) >= 11 is 0. The van der Waals surface area contributed by atoms with Gasteiger partial charge in [0.25, 0.3) is 0 Å². The average molecular weight is 278 g/mol. The Morgan fingerprint density at radius 2 is 2.15 bits per heavy atom. The summed E-state index contributed by atoms with van der Waals surface area (Å²) in [7, 11) is 0. The van der Waals surface area contributed by atoms with E-state index < -0.39 is 0 Å². The van der Waals surface area contributed by atoms with Gasteiger partial charge in [0, 0.05) is 13.0 Å². The number of nitrogens with zero attached hydrogens (tertiary/aromatic N) is 3. The van der Waals surface area contributed by atoms with Crippen molar-refractivity contribution in [2.24, 2.45) is 17.3 Å². The molecule has 4 heteroatoms. The van der Waals surface area contributed by atoms with Gasteiger partial charge in [0.2, 0.25) is 0 Å². The van der Waals surface area contributed by atoms with Crippen LogP contribution in [0.5, 0.6) is 0 Å². The highest BCUT2D eigenvalue weighted by Crippen LogP contribution is 2.42. The zero-order valence-electron chi connectivity index (χ0n) is 13.5. The van der Waals surface area contributed by atoms with Gasteiger partial charge in [-0.1, -0.05) is 20.8 Å². The molecule has 114 valence electrons. The van der Waals surface area contributed by atoms with E-state index in [9.17, 15) is 0 Å². The first-order valence-electron chi connectivity index (χ1n) is 8.13. The predicted molar refractivity (Wildman–Crippen MR) is 82.6 cm³/mol. The molecule has 1 saturated carbocycles. The summed E-state index contributed by atoms with van der Waals surface area (Å²) in [6.45, 7) is 12.3. The van der Waals surface area contributed by atoms with Crippen LogP contribution in [0.1, 0.15) is 52.8 Å². The van der Waals surface area contributed by atoms with Gasteiger partial charge in [-0.2, -0.15) is 5.10 Å². The van der Waals surface area contributed by atoms with E-state index in [1.165, 1.54) is 19.3 Å². The maximum atomic E-state index is 4.48. The highest BCUT2D eigenvalue weighted by Gasteiger charge is 2.35. The van der Waals surface area contributed by atoms with Crippen molar-refractivity contribution in [3.63, 3.8) is 0 Å². The van der Waals surface area contributed by atoms with Gasteiger partial charge in [-0.3, -0.25) is 4.68 Å². The molecule has 20 heavy (non-hydrogen) atoms. The Balaban J connectivity index is 2.06. The van der Waals surface area contributed by atoms with Crippen LogP contribution in [0.25, 0.3) is 0 Å². The summed E-state index contributed by atoms with van der Waals surface area (Å²) in [4.78, 5) is 4.48. The van der Waals surface area contributed by atoms with Crippen molar-refractivity contribution in [2.45, 2.75) is 59.9 Å². The molecule has 1 aromatic heterocycles. The van der Waals surface area contributed by atoms with Gasteiger partial charge in [0.1, 0.15) is 12.2 Å². The third-order valence-corrected chi connectivity index (χ3v) is 4.77. The minimum absolute atomic E-state index is 0.477. The van der Waals surface area contributed by atoms with E-state index in [0.29, 0.717) is 5.41 Å². The summed E-state index contributed by atoms with van der Waals surface area (Å²) in [5.74, 6) is 2.67. The van der Waals surface area contributed by atoms with Crippen LogP contribution >= 0.6 is 0 Å². The number of aryl methyl sites for hydroxylation is 1. The minimum Gasteiger partial charge on any atom is -0.317 e. The van der Waals surface area contributed by atoms with E-state index in [4.69, 9.17) is 0 Å². The van der Waals surface area contributed by atoms with Gasteiger partial charge in [0.15, 0.2) is 0 Å². The normalized spacial score (nSPS) is 25.8. The quantitative estimate of drug-likeness (QED) is 0.870. The molecule has 0 aromatic carbocycles. The topological polar surface area (TPSA) is 42.7 Å². The Hall–Kier alpha value is -0.900. The lowest BCUT2D eigenvalue weighted by Crippen LogP contribution is -2.37. The molecule has 0 radical (unpaired) electrons. The van der Waals surface area contributed by atoms with Crippen molar-refractivity contribution in [1.29, 1.82) is 0 Å². The van der Waals surface area contributed by atoms with Crippen LogP contribution in [0.2, 0.25) is 0 Å². The second-order valence-corrected chi connectivity index (χ2v) is 6.93. The molecule has 0 spiro atoms. The number of nitrogens with one attached hydrogen (secondary N) is 1. The van der Waals surface area contributed by atoms with Crippen molar-refractivity contribution >= 4 is 0 Å². The summed E-state index contributed by atoms with van der Waals surface area (Å²) < 4.78 is 2.05. The zero-order valence-corrected chi connectivity index (χ0v) is 13.5. The Morgan fingerprint density at radius 3 is 2.85 bits per heavy atom. The van der Waals surface area contributed by atoms with Crippen molar-refractivity contribution in [3.05, 3.63) is 12.2 Å². The molecule has 1 heterocycles. The van der Waals surface area contributed by atoms with E-state index >= 15 is 0 Å². The lowest BCUT2D eigenvalue weighted by molar-refractivity contribution is 0.114. The van der Waals surface area contributed by atoms with Gasteiger partial charge in [-0.05, 0) is 56.5 Å². The summed E-state index contributed by atoms with van der Waals surface area (Å²) in [5.41, 5.74) is 0.477. The first kappa shape index (κ1) is 15.5. The van der Waals surface area contributed by atoms with Crippen molar-refractivity contribution in [3.8, 4) is 0 Å². The third-order valence-electron chi connectivity index (χ3n) is 4.77. The van der Waals surface area contributed by atoms with Crippen LogP contribution in [-0.4, -0.2) is 27.9 Å². The Labute approximate surface area is 123 Å². The molecular formula is C16H30N4. The first-order chi connectivity index (χ1) is 9.55. The number of rotatable bonds is 6. The van der Waals surface area contributed by atoms with Crippen LogP contribution in [0.4, 0.5) is 0 Å². The maximum absolute atomic E-state index is 4.48. The molecule has 0 saturated heterocycles. The van der Waals surface area contributed by atoms with Gasteiger partial charge >= 0.3 is 0 Å². The fraction of sp³-hybridized carbons (Fsp3) is 0.875. The monoisotopic (exact) mass is 278 g/mol. The van der Waals surface area contributed by atoms with Crippen molar-refractivity contribution in [2.75, 3.05) is 13.1 Å². The second-order valence-electron chi connectivity index (χ2n) is 6.93. The van der Waals surface area contributed by atoms with Gasteiger partial charge in [0.05, 0.1) is 0 Å². The first-order valence-corrected chi connectivity index (χ1v) is 8.13. The van der Waals surface area contributed by atoms with Gasteiger partial charge in [-0.25, -0.2) is 4.98 Å². The molecule has 2 rings (SSSR count). The van der Waals surface area contributed by atoms with Crippen molar-refractivity contribution < 1.29 is 0 Å². The van der Waals surface area contributed by atoms with Crippen LogP contribution in [0.3, 0.4) is 0 Å². The fourth-order valence-corrected chi connectivity index (χ4v) is 3.57. The summed E-state index contributed by atoms with van der Waals surface area (Å²) in [6, 6.07) is 0. The zero-order chi connectivity index (χ0) is 14.6. The lowest BCUT2D eigenvalue weighted by atomic mass is 9.66. The smallest absolute Gasteiger partial charge is 0.138 e. The average Bonchev–Trinajstić information content (AvgIpc) is 2.84. The molecule has 2 atom stereocenters. The fourth-order valence-electron chi connectivity index (χ4n) is 3.57. The predicted octanol–water partition coefficient (Wildman–Crippen LogP) is 2.89. The molecule has 0 aliphatic heterocycles. The van der Waals surface area contributed by atoms with E-state index in [1.807, 2.05) is 4.68 Å². The SMILES string of the molecule is CCNCC1CCC(C)(C)CC1Cc1ncnn1CC. The highest BCUT2D eigenvalue weighted by molar-refractivity contribution is 4.94. The molecule has 0 amide bonds. The standard InChI is InChI=1S/C16H30N4/c1-5-17-11-13-7-8-16(3,4)10-14(13)9-15-18-12-19-20(15)6-2/h12-14,17H,5-11H2,1-4H3. The molecule has 4 nitrogen and oxygen atoms in total. The van der Waals surface area contributed by atoms with Crippen LogP contribution in [-0.2, 0) is 13.0 Å². The van der Waals surface area contributed by atoms with E-state index in [1.54, 1.807) is 6.33 Å². The number of hydrogen-bond donors (Lipinski definition) is 1. The summed E-state index contributed by atoms with van der Waals surface area (Å²) in [5, 5.41) is 7.85. The lowest BCUT2D eigenvalue weighted by Gasteiger charge is -2.41. The van der Waals surface area contributed by atoms with Gasteiger partial charge < -0.3 is 5.32 Å². The molecular weight excluding hydrogens is 248 g/mol. The van der Waals surface area contributed by atoms with Crippen LogP contribution in [0, 0.1) is 17.3 Å². The van der Waals surface area contributed by atoms with E-state index in [0.717, 1.165) is 43.7 Å². The number of hydrogen-bond acceptors (Lipinski definition) is 3. The molecule has 1 aliphatic carbocycles.